The molecule has 28 heavy (non-hydrogen) atoms. The first-order valence-electron chi connectivity index (χ1n) is 9.39. The predicted molar refractivity (Wildman–Crippen MR) is 116 cm³/mol. The van der Waals surface area contributed by atoms with Crippen LogP contribution in [0.1, 0.15) is 29.6 Å². The molecule has 1 aliphatic rings. The van der Waals surface area contributed by atoms with Crippen LogP contribution in [0.25, 0.3) is 10.2 Å². The molecule has 0 fully saturated rings. The number of nitrogens with one attached hydrogen (secondary N) is 1. The molecule has 0 saturated heterocycles. The third-order valence-corrected chi connectivity index (χ3v) is 7.05. The summed E-state index contributed by atoms with van der Waals surface area (Å²) in [5, 5.41) is 5.02. The number of hydrogen-bond acceptors (Lipinski definition) is 6. The fourth-order valence-electron chi connectivity index (χ4n) is 3.55. The van der Waals surface area contributed by atoms with Crippen molar-refractivity contribution in [2.75, 3.05) is 18.2 Å². The van der Waals surface area contributed by atoms with Gasteiger partial charge in [-0.3, -0.25) is 4.79 Å². The summed E-state index contributed by atoms with van der Waals surface area (Å²) >= 11 is 3.29. The topological polar surface area (TPSA) is 64.1 Å². The zero-order valence-electron chi connectivity index (χ0n) is 16.2. The lowest BCUT2D eigenvalue weighted by Gasteiger charge is -2.18. The van der Waals surface area contributed by atoms with Gasteiger partial charge in [-0.1, -0.05) is 24.8 Å². The van der Waals surface area contributed by atoms with Gasteiger partial charge in [0.05, 0.1) is 12.9 Å². The summed E-state index contributed by atoms with van der Waals surface area (Å²) in [5.74, 6) is 2.45. The molecule has 2 heterocycles. The smallest absolute Gasteiger partial charge is 0.234 e. The second-order valence-electron chi connectivity index (χ2n) is 7.18. The number of carbonyl (C=O) groups excluding carboxylic acids is 1. The second-order valence-corrected chi connectivity index (χ2v) is 9.22. The molecule has 146 valence electrons. The molecule has 1 amide bonds. The van der Waals surface area contributed by atoms with Crippen LogP contribution >= 0.6 is 23.1 Å². The van der Waals surface area contributed by atoms with Crippen LogP contribution in [-0.4, -0.2) is 28.7 Å². The van der Waals surface area contributed by atoms with Crippen molar-refractivity contribution in [3.05, 3.63) is 40.5 Å². The van der Waals surface area contributed by atoms with E-state index in [1.54, 1.807) is 18.4 Å². The second kappa shape index (κ2) is 8.09. The minimum atomic E-state index is -0.0552. The first kappa shape index (κ1) is 19.2. The molecule has 2 aromatic heterocycles. The van der Waals surface area contributed by atoms with Crippen molar-refractivity contribution in [2.24, 2.45) is 5.92 Å². The molecule has 0 radical (unpaired) electrons. The van der Waals surface area contributed by atoms with Crippen molar-refractivity contribution in [1.82, 2.24) is 9.97 Å². The Hall–Kier alpha value is -2.12. The summed E-state index contributed by atoms with van der Waals surface area (Å²) < 4.78 is 5.21. The maximum absolute atomic E-state index is 12.5. The van der Waals surface area contributed by atoms with Gasteiger partial charge in [-0.25, -0.2) is 9.97 Å². The van der Waals surface area contributed by atoms with Crippen molar-refractivity contribution < 1.29 is 9.53 Å². The van der Waals surface area contributed by atoms with Gasteiger partial charge < -0.3 is 10.1 Å². The largest absolute Gasteiger partial charge is 0.497 e. The van der Waals surface area contributed by atoms with E-state index in [0.29, 0.717) is 5.75 Å². The Balaban J connectivity index is 1.53. The number of thiophene rings is 1. The van der Waals surface area contributed by atoms with Crippen LogP contribution in [-0.2, 0) is 17.6 Å². The van der Waals surface area contributed by atoms with Crippen molar-refractivity contribution in [3.8, 4) is 5.75 Å². The molecule has 1 atom stereocenters. The highest BCUT2D eigenvalue weighted by molar-refractivity contribution is 8.00. The van der Waals surface area contributed by atoms with Crippen LogP contribution in [0.5, 0.6) is 5.75 Å². The average Bonchev–Trinajstić information content (AvgIpc) is 3.03. The van der Waals surface area contributed by atoms with Crippen LogP contribution in [0.2, 0.25) is 0 Å². The number of aromatic nitrogens is 2. The Morgan fingerprint density at radius 1 is 1.39 bits per heavy atom. The molecule has 1 aromatic carbocycles. The average molecular weight is 414 g/mol. The van der Waals surface area contributed by atoms with Gasteiger partial charge in [0.2, 0.25) is 5.91 Å². The van der Waals surface area contributed by atoms with E-state index in [1.807, 2.05) is 31.2 Å². The van der Waals surface area contributed by atoms with Gasteiger partial charge in [0, 0.05) is 22.0 Å². The van der Waals surface area contributed by atoms with Crippen molar-refractivity contribution in [3.63, 3.8) is 0 Å². The molecule has 7 heteroatoms. The molecule has 1 aliphatic carbocycles. The number of benzene rings is 1. The Labute approximate surface area is 172 Å². The van der Waals surface area contributed by atoms with Gasteiger partial charge in [0.15, 0.2) is 0 Å². The van der Waals surface area contributed by atoms with Gasteiger partial charge in [0.25, 0.3) is 0 Å². The molecule has 0 saturated carbocycles. The maximum atomic E-state index is 12.5. The number of methoxy groups -OCH3 is 1. The van der Waals surface area contributed by atoms with Gasteiger partial charge >= 0.3 is 0 Å². The van der Waals surface area contributed by atoms with Gasteiger partial charge in [-0.05, 0) is 49.8 Å². The Bertz CT molecular complexity index is 1030. The summed E-state index contributed by atoms with van der Waals surface area (Å²) in [6.07, 6.45) is 3.40. The lowest BCUT2D eigenvalue weighted by atomic mass is 9.89. The van der Waals surface area contributed by atoms with Crippen LogP contribution in [0.3, 0.4) is 0 Å². The summed E-state index contributed by atoms with van der Waals surface area (Å²) in [6, 6.07) is 7.38. The van der Waals surface area contributed by atoms with Crippen LogP contribution in [0.15, 0.2) is 29.3 Å². The molecule has 5 nitrogen and oxygen atoms in total. The number of fused-ring (bicyclic) bond motifs is 3. The lowest BCUT2D eigenvalue weighted by Crippen LogP contribution is -2.14. The normalized spacial score (nSPS) is 16.0. The minimum absolute atomic E-state index is 0.0552. The van der Waals surface area contributed by atoms with E-state index in [4.69, 9.17) is 4.74 Å². The Morgan fingerprint density at radius 2 is 2.25 bits per heavy atom. The van der Waals surface area contributed by atoms with Gasteiger partial charge in [-0.15, -0.1) is 11.3 Å². The maximum Gasteiger partial charge on any atom is 0.234 e. The quantitative estimate of drug-likeness (QED) is 0.478. The summed E-state index contributed by atoms with van der Waals surface area (Å²) in [4.78, 5) is 24.3. The van der Waals surface area contributed by atoms with E-state index >= 15 is 0 Å². The summed E-state index contributed by atoms with van der Waals surface area (Å²) in [7, 11) is 1.61. The molecule has 4 rings (SSSR count). The lowest BCUT2D eigenvalue weighted by molar-refractivity contribution is -0.113. The number of ether oxygens (including phenoxy) is 1. The molecule has 0 unspecified atom stereocenters. The van der Waals surface area contributed by atoms with E-state index in [2.05, 4.69) is 22.2 Å². The highest BCUT2D eigenvalue weighted by atomic mass is 32.2. The summed E-state index contributed by atoms with van der Waals surface area (Å²) in [5.41, 5.74) is 2.13. The third kappa shape index (κ3) is 4.00. The standard InChI is InChI=1S/C21H23N3O2S2/c1-12-7-8-16-17(9-12)28-21-19(16)20(22-13(2)23-21)27-11-18(25)24-14-5-4-6-15(10-14)26-3/h4-6,10,12H,7-9,11H2,1-3H3,(H,24,25)/t12-/m1/s1. The zero-order valence-corrected chi connectivity index (χ0v) is 17.9. The van der Waals surface area contributed by atoms with E-state index < -0.39 is 0 Å². The number of aryl methyl sites for hydroxylation is 2. The number of rotatable bonds is 5. The molecular weight excluding hydrogens is 390 g/mol. The molecule has 3 aromatic rings. The fourth-order valence-corrected chi connectivity index (χ4v) is 5.94. The van der Waals surface area contributed by atoms with Crippen LogP contribution in [0, 0.1) is 12.8 Å². The first-order valence-corrected chi connectivity index (χ1v) is 11.2. The zero-order chi connectivity index (χ0) is 19.7. The highest BCUT2D eigenvalue weighted by Crippen LogP contribution is 2.40. The van der Waals surface area contributed by atoms with E-state index in [9.17, 15) is 4.79 Å². The highest BCUT2D eigenvalue weighted by Gasteiger charge is 2.24. The van der Waals surface area contributed by atoms with E-state index in [0.717, 1.165) is 51.3 Å². The SMILES string of the molecule is COc1cccc(NC(=O)CSc2nc(C)nc3sc4c(c23)CC[C@@H](C)C4)c1. The van der Waals surface area contributed by atoms with Crippen molar-refractivity contribution >= 4 is 44.9 Å². The molecule has 1 N–H and O–H groups in total. The number of anilines is 1. The predicted octanol–water partition coefficient (Wildman–Crippen LogP) is 4.86. The fraction of sp³-hybridized carbons (Fsp3) is 0.381. The van der Waals surface area contributed by atoms with E-state index in [-0.39, 0.29) is 5.91 Å². The number of nitrogens with zero attached hydrogens (tertiary/aromatic N) is 2. The third-order valence-electron chi connectivity index (χ3n) is 4.93. The number of carbonyl (C=O) groups is 1. The minimum Gasteiger partial charge on any atom is -0.497 e. The molecule has 0 spiro atoms. The molecule has 0 bridgehead atoms. The van der Waals surface area contributed by atoms with Gasteiger partial charge in [-0.2, -0.15) is 0 Å². The van der Waals surface area contributed by atoms with Crippen molar-refractivity contribution in [2.45, 2.75) is 38.1 Å². The number of thioether (sulfide) groups is 1. The molecular formula is C21H23N3O2S2. The van der Waals surface area contributed by atoms with Crippen LogP contribution in [0.4, 0.5) is 5.69 Å². The first-order chi connectivity index (χ1) is 13.5. The van der Waals surface area contributed by atoms with Gasteiger partial charge in [0.1, 0.15) is 21.4 Å². The van der Waals surface area contributed by atoms with Crippen molar-refractivity contribution in [1.29, 1.82) is 0 Å². The summed E-state index contributed by atoms with van der Waals surface area (Å²) in [6.45, 7) is 4.23. The number of amides is 1. The monoisotopic (exact) mass is 413 g/mol. The Kier molecular flexibility index (Phi) is 5.55. The van der Waals surface area contributed by atoms with Crippen LogP contribution < -0.4 is 10.1 Å². The van der Waals surface area contributed by atoms with E-state index in [1.165, 1.54) is 28.6 Å². The Morgan fingerprint density at radius 3 is 3.07 bits per heavy atom. The number of hydrogen-bond donors (Lipinski definition) is 1. The molecule has 0 aliphatic heterocycles.